The fourth-order valence-corrected chi connectivity index (χ4v) is 0.930. The highest BCUT2D eigenvalue weighted by molar-refractivity contribution is 5.28. The molecule has 0 saturated carbocycles. The Morgan fingerprint density at radius 2 is 2.08 bits per heavy atom. The van der Waals surface area contributed by atoms with E-state index in [1.165, 1.54) is 0 Å². The summed E-state index contributed by atoms with van der Waals surface area (Å²) in [5.41, 5.74) is 1.40. The van der Waals surface area contributed by atoms with Crippen LogP contribution < -0.4 is 0 Å². The maximum atomic E-state index is 8.60. The fraction of sp³-hybridized carbons (Fsp3) is 0.100. The molecule has 60 valence electrons. The van der Waals surface area contributed by atoms with Crippen LogP contribution in [0.3, 0.4) is 0 Å². The van der Waals surface area contributed by atoms with Crippen LogP contribution in [0.2, 0.25) is 0 Å². The van der Waals surface area contributed by atoms with Gasteiger partial charge in [-0.2, -0.15) is 5.26 Å². The largest absolute Gasteiger partial charge is 0.515 e. The van der Waals surface area contributed by atoms with Crippen molar-refractivity contribution in [2.45, 2.75) is 6.42 Å². The van der Waals surface area contributed by atoms with Gasteiger partial charge in [0.1, 0.15) is 0 Å². The van der Waals surface area contributed by atoms with Crippen LogP contribution in [0.5, 0.6) is 0 Å². The minimum absolute atomic E-state index is 0.376. The quantitative estimate of drug-likeness (QED) is 0.531. The fourth-order valence-electron chi connectivity index (χ4n) is 0.930. The molecular formula is C10H9NO. The van der Waals surface area contributed by atoms with Crippen LogP contribution in [0.15, 0.2) is 42.2 Å². The summed E-state index contributed by atoms with van der Waals surface area (Å²) < 4.78 is 0. The average Bonchev–Trinajstić information content (AvgIpc) is 2.16. The third kappa shape index (κ3) is 2.14. The summed E-state index contributed by atoms with van der Waals surface area (Å²) in [7, 11) is 0. The van der Waals surface area contributed by atoms with Gasteiger partial charge in [0.15, 0.2) is 0 Å². The van der Waals surface area contributed by atoms with E-state index >= 15 is 0 Å². The predicted molar refractivity (Wildman–Crippen MR) is 46.5 cm³/mol. The van der Waals surface area contributed by atoms with Crippen LogP contribution in [0.4, 0.5) is 0 Å². The van der Waals surface area contributed by atoms with Crippen molar-refractivity contribution in [2.24, 2.45) is 0 Å². The molecule has 0 saturated heterocycles. The van der Waals surface area contributed by atoms with E-state index in [0.29, 0.717) is 12.0 Å². The highest BCUT2D eigenvalue weighted by Gasteiger charge is 1.96. The van der Waals surface area contributed by atoms with Crippen LogP contribution in [0, 0.1) is 11.3 Å². The number of nitrogens with zero attached hydrogens (tertiary/aromatic N) is 1. The number of hydrogen-bond donors (Lipinski definition) is 1. The molecule has 0 radical (unpaired) electrons. The Hall–Kier alpha value is -1.75. The summed E-state index contributed by atoms with van der Waals surface area (Å²) in [6, 6.07) is 11.5. The summed E-state index contributed by atoms with van der Waals surface area (Å²) in [5.74, 6) is 0. The summed E-state index contributed by atoms with van der Waals surface area (Å²) in [4.78, 5) is 0. The molecule has 0 amide bonds. The number of nitriles is 1. The molecule has 1 aromatic carbocycles. The first-order valence-electron chi connectivity index (χ1n) is 3.64. The minimum atomic E-state index is 0.376. The molecule has 0 aliphatic heterocycles. The molecule has 2 nitrogen and oxygen atoms in total. The first kappa shape index (κ1) is 8.35. The molecule has 0 unspecified atom stereocenters. The third-order valence-electron chi connectivity index (χ3n) is 1.54. The first-order valence-corrected chi connectivity index (χ1v) is 3.64. The van der Waals surface area contributed by atoms with Gasteiger partial charge < -0.3 is 5.11 Å². The molecule has 0 spiro atoms. The van der Waals surface area contributed by atoms with Crippen LogP contribution in [0.25, 0.3) is 0 Å². The smallest absolute Gasteiger partial charge is 0.0982 e. The van der Waals surface area contributed by atoms with Crippen molar-refractivity contribution >= 4 is 0 Å². The molecule has 1 rings (SSSR count). The number of rotatable bonds is 2. The third-order valence-corrected chi connectivity index (χ3v) is 1.54. The molecule has 0 bridgehead atoms. The summed E-state index contributed by atoms with van der Waals surface area (Å²) in [6.07, 6.45) is 1.35. The number of benzene rings is 1. The van der Waals surface area contributed by atoms with Crippen molar-refractivity contribution in [1.82, 2.24) is 0 Å². The van der Waals surface area contributed by atoms with Crippen molar-refractivity contribution in [3.05, 3.63) is 47.7 Å². The van der Waals surface area contributed by atoms with E-state index in [-0.39, 0.29) is 0 Å². The van der Waals surface area contributed by atoms with Crippen molar-refractivity contribution in [3.8, 4) is 6.07 Å². The Morgan fingerprint density at radius 3 is 2.58 bits per heavy atom. The van der Waals surface area contributed by atoms with E-state index in [9.17, 15) is 0 Å². The van der Waals surface area contributed by atoms with E-state index in [0.717, 1.165) is 11.8 Å². The zero-order chi connectivity index (χ0) is 8.81. The lowest BCUT2D eigenvalue weighted by molar-refractivity contribution is 0.468. The number of allylic oxidation sites excluding steroid dienone is 1. The molecule has 0 fully saturated rings. The van der Waals surface area contributed by atoms with Gasteiger partial charge in [-0.1, -0.05) is 30.3 Å². The lowest BCUT2D eigenvalue weighted by atomic mass is 10.1. The van der Waals surface area contributed by atoms with Gasteiger partial charge in [-0.05, 0) is 5.56 Å². The Kier molecular flexibility index (Phi) is 2.92. The Morgan fingerprint density at radius 1 is 1.42 bits per heavy atom. The van der Waals surface area contributed by atoms with Crippen molar-refractivity contribution in [3.63, 3.8) is 0 Å². The number of aliphatic hydroxyl groups excluding tert-OH is 1. The van der Waals surface area contributed by atoms with E-state index in [1.807, 2.05) is 36.4 Å². The SMILES string of the molecule is N#C/C(=C/O)Cc1ccccc1. The number of hydrogen-bond acceptors (Lipinski definition) is 2. The van der Waals surface area contributed by atoms with E-state index < -0.39 is 0 Å². The lowest BCUT2D eigenvalue weighted by Crippen LogP contribution is -1.87. The van der Waals surface area contributed by atoms with Gasteiger partial charge in [0.05, 0.1) is 17.9 Å². The average molecular weight is 159 g/mol. The van der Waals surface area contributed by atoms with Crippen LogP contribution in [-0.4, -0.2) is 5.11 Å². The Balaban J connectivity index is 2.72. The molecule has 0 aliphatic carbocycles. The maximum absolute atomic E-state index is 8.60. The molecule has 12 heavy (non-hydrogen) atoms. The lowest BCUT2D eigenvalue weighted by Gasteiger charge is -1.96. The second kappa shape index (κ2) is 4.20. The normalized spacial score (nSPS) is 10.8. The monoisotopic (exact) mass is 159 g/mol. The van der Waals surface area contributed by atoms with E-state index in [4.69, 9.17) is 10.4 Å². The van der Waals surface area contributed by atoms with Gasteiger partial charge >= 0.3 is 0 Å². The van der Waals surface area contributed by atoms with Crippen LogP contribution >= 0.6 is 0 Å². The Labute approximate surface area is 71.4 Å². The Bertz CT molecular complexity index is 308. The standard InChI is InChI=1S/C10H9NO/c11-7-10(8-12)6-9-4-2-1-3-5-9/h1-5,8,12H,6H2/b10-8+. The predicted octanol–water partition coefficient (Wildman–Crippen LogP) is 2.19. The summed E-state index contributed by atoms with van der Waals surface area (Å²) >= 11 is 0. The number of aliphatic hydroxyl groups is 1. The molecule has 0 aromatic heterocycles. The van der Waals surface area contributed by atoms with Gasteiger partial charge in [0.2, 0.25) is 0 Å². The molecule has 1 aromatic rings. The van der Waals surface area contributed by atoms with Gasteiger partial charge in [0.25, 0.3) is 0 Å². The maximum Gasteiger partial charge on any atom is 0.0982 e. The minimum Gasteiger partial charge on any atom is -0.515 e. The zero-order valence-corrected chi connectivity index (χ0v) is 6.57. The molecule has 0 heterocycles. The van der Waals surface area contributed by atoms with Crippen molar-refractivity contribution < 1.29 is 5.11 Å². The van der Waals surface area contributed by atoms with Gasteiger partial charge in [-0.25, -0.2) is 0 Å². The second-order valence-electron chi connectivity index (χ2n) is 2.43. The molecular weight excluding hydrogens is 150 g/mol. The second-order valence-corrected chi connectivity index (χ2v) is 2.43. The highest BCUT2D eigenvalue weighted by Crippen LogP contribution is 2.05. The molecule has 0 atom stereocenters. The van der Waals surface area contributed by atoms with E-state index in [1.54, 1.807) is 0 Å². The molecule has 2 heteroatoms. The van der Waals surface area contributed by atoms with E-state index in [2.05, 4.69) is 0 Å². The van der Waals surface area contributed by atoms with Gasteiger partial charge in [-0.15, -0.1) is 0 Å². The summed E-state index contributed by atoms with van der Waals surface area (Å²) in [5, 5.41) is 17.1. The van der Waals surface area contributed by atoms with Crippen LogP contribution in [-0.2, 0) is 6.42 Å². The molecule has 0 aliphatic rings. The van der Waals surface area contributed by atoms with Gasteiger partial charge in [-0.3, -0.25) is 0 Å². The topological polar surface area (TPSA) is 44.0 Å². The summed E-state index contributed by atoms with van der Waals surface area (Å²) in [6.45, 7) is 0. The highest BCUT2D eigenvalue weighted by atomic mass is 16.2. The molecule has 1 N–H and O–H groups in total. The zero-order valence-electron chi connectivity index (χ0n) is 6.57. The van der Waals surface area contributed by atoms with Crippen molar-refractivity contribution in [1.29, 1.82) is 5.26 Å². The van der Waals surface area contributed by atoms with Crippen molar-refractivity contribution in [2.75, 3.05) is 0 Å². The van der Waals surface area contributed by atoms with Gasteiger partial charge in [0, 0.05) is 6.42 Å². The first-order chi connectivity index (χ1) is 5.86. The van der Waals surface area contributed by atoms with Crippen LogP contribution in [0.1, 0.15) is 5.56 Å².